The van der Waals surface area contributed by atoms with Crippen molar-refractivity contribution in [3.05, 3.63) is 53.2 Å². The first kappa shape index (κ1) is 14.1. The van der Waals surface area contributed by atoms with Crippen LogP contribution in [0.5, 0.6) is 0 Å². The zero-order valence-electron chi connectivity index (χ0n) is 11.5. The fraction of sp³-hybridized carbons (Fsp3) is 0.312. The van der Waals surface area contributed by atoms with Gasteiger partial charge in [0, 0.05) is 23.7 Å². The smallest absolute Gasteiger partial charge is 0.327 e. The minimum absolute atomic E-state index is 0.188. The van der Waals surface area contributed by atoms with E-state index in [0.717, 1.165) is 24.1 Å². The molecule has 5 heteroatoms. The van der Waals surface area contributed by atoms with Crippen molar-refractivity contribution in [2.24, 2.45) is 5.73 Å². The predicted octanol–water partition coefficient (Wildman–Crippen LogP) is 3.89. The highest BCUT2D eigenvalue weighted by molar-refractivity contribution is 5.61. The van der Waals surface area contributed by atoms with Crippen LogP contribution in [0.1, 0.15) is 29.0 Å². The van der Waals surface area contributed by atoms with Gasteiger partial charge < -0.3 is 5.73 Å². The molecule has 2 N–H and O–H groups in total. The summed E-state index contributed by atoms with van der Waals surface area (Å²) in [6.07, 6.45) is -1.69. The Hall–Kier alpha value is -1.88. The van der Waals surface area contributed by atoms with Crippen LogP contribution in [-0.4, -0.2) is 11.0 Å². The molecule has 0 bridgehead atoms. The Morgan fingerprint density at radius 3 is 2.43 bits per heavy atom. The summed E-state index contributed by atoms with van der Waals surface area (Å²) in [7, 11) is 0. The third-order valence-electron chi connectivity index (χ3n) is 3.75. The van der Waals surface area contributed by atoms with Gasteiger partial charge in [-0.15, -0.1) is 0 Å². The van der Waals surface area contributed by atoms with Crippen LogP contribution in [0.3, 0.4) is 0 Å². The maximum atomic E-state index is 12.9. The first-order valence-electron chi connectivity index (χ1n) is 6.75. The molecule has 2 atom stereocenters. The van der Waals surface area contributed by atoms with E-state index in [2.05, 4.69) is 4.98 Å². The van der Waals surface area contributed by atoms with Gasteiger partial charge in [0.1, 0.15) is 0 Å². The molecule has 1 heterocycles. The lowest BCUT2D eigenvalue weighted by Gasteiger charge is -2.10. The van der Waals surface area contributed by atoms with Gasteiger partial charge in [-0.05, 0) is 48.7 Å². The predicted molar refractivity (Wildman–Crippen MR) is 74.7 cm³/mol. The average Bonchev–Trinajstić information content (AvgIpc) is 3.14. The van der Waals surface area contributed by atoms with E-state index in [0.29, 0.717) is 22.7 Å². The number of nitrogens with zero attached hydrogens (tertiary/aromatic N) is 1. The number of nitrogens with two attached hydrogens (primary N) is 1. The van der Waals surface area contributed by atoms with Gasteiger partial charge in [-0.2, -0.15) is 13.2 Å². The van der Waals surface area contributed by atoms with Crippen molar-refractivity contribution in [3.63, 3.8) is 0 Å². The fourth-order valence-electron chi connectivity index (χ4n) is 2.49. The fourth-order valence-corrected chi connectivity index (χ4v) is 2.49. The molecule has 0 unspecified atom stereocenters. The standard InChI is InChI=1S/C16H15F3N2/c1-9-4-11(6-12(5-9)16(17,18)19)15-3-2-10(8-21-15)13-7-14(13)20/h2-6,8,13-14H,7,20H2,1H3/t13-,14+/m1/s1. The Morgan fingerprint density at radius 2 is 1.90 bits per heavy atom. The van der Waals surface area contributed by atoms with Gasteiger partial charge in [0.2, 0.25) is 0 Å². The second kappa shape index (κ2) is 4.84. The van der Waals surface area contributed by atoms with E-state index in [-0.39, 0.29) is 6.04 Å². The summed E-state index contributed by atoms with van der Waals surface area (Å²) in [4.78, 5) is 4.29. The van der Waals surface area contributed by atoms with Crippen LogP contribution in [-0.2, 0) is 6.18 Å². The number of halogens is 3. The van der Waals surface area contributed by atoms with Crippen molar-refractivity contribution in [2.75, 3.05) is 0 Å². The van der Waals surface area contributed by atoms with Crippen LogP contribution in [0.25, 0.3) is 11.3 Å². The third kappa shape index (κ3) is 2.93. The number of aryl methyl sites for hydroxylation is 1. The minimum atomic E-state index is -4.35. The van der Waals surface area contributed by atoms with Crippen LogP contribution >= 0.6 is 0 Å². The highest BCUT2D eigenvalue weighted by Gasteiger charge is 2.35. The molecular weight excluding hydrogens is 277 g/mol. The molecule has 1 fully saturated rings. The highest BCUT2D eigenvalue weighted by Crippen LogP contribution is 2.39. The number of pyridine rings is 1. The van der Waals surface area contributed by atoms with Crippen LogP contribution in [0.4, 0.5) is 13.2 Å². The summed E-state index contributed by atoms with van der Waals surface area (Å²) in [5.74, 6) is 0.342. The molecule has 3 rings (SSSR count). The maximum Gasteiger partial charge on any atom is 0.416 e. The van der Waals surface area contributed by atoms with Crippen molar-refractivity contribution >= 4 is 0 Å². The van der Waals surface area contributed by atoms with Gasteiger partial charge in [0.05, 0.1) is 11.3 Å². The van der Waals surface area contributed by atoms with Crippen molar-refractivity contribution in [1.29, 1.82) is 0 Å². The number of alkyl halides is 3. The Bertz CT molecular complexity index is 662. The Labute approximate surface area is 120 Å². The zero-order valence-corrected chi connectivity index (χ0v) is 11.5. The SMILES string of the molecule is Cc1cc(-c2ccc([C@H]3C[C@@H]3N)cn2)cc(C(F)(F)F)c1. The highest BCUT2D eigenvalue weighted by atomic mass is 19.4. The summed E-state index contributed by atoms with van der Waals surface area (Å²) in [6, 6.07) is 7.83. The maximum absolute atomic E-state index is 12.9. The molecule has 0 radical (unpaired) electrons. The van der Waals surface area contributed by atoms with E-state index < -0.39 is 11.7 Å². The molecule has 1 aromatic heterocycles. The van der Waals surface area contributed by atoms with Crippen molar-refractivity contribution < 1.29 is 13.2 Å². The van der Waals surface area contributed by atoms with Crippen molar-refractivity contribution in [1.82, 2.24) is 4.98 Å². The van der Waals surface area contributed by atoms with E-state index in [1.54, 1.807) is 25.3 Å². The number of hydrogen-bond donors (Lipinski definition) is 1. The third-order valence-corrected chi connectivity index (χ3v) is 3.75. The normalized spacial score (nSPS) is 21.4. The molecule has 1 aromatic carbocycles. The van der Waals surface area contributed by atoms with Crippen LogP contribution in [0, 0.1) is 6.92 Å². The molecule has 0 aliphatic heterocycles. The van der Waals surface area contributed by atoms with Crippen LogP contribution in [0.15, 0.2) is 36.5 Å². The van der Waals surface area contributed by atoms with E-state index >= 15 is 0 Å². The summed E-state index contributed by atoms with van der Waals surface area (Å²) < 4.78 is 38.6. The first-order valence-corrected chi connectivity index (χ1v) is 6.75. The molecule has 2 aromatic rings. The van der Waals surface area contributed by atoms with Gasteiger partial charge in [-0.1, -0.05) is 6.07 Å². The lowest BCUT2D eigenvalue weighted by atomic mass is 10.0. The van der Waals surface area contributed by atoms with E-state index in [1.807, 2.05) is 6.07 Å². The second-order valence-corrected chi connectivity index (χ2v) is 5.57. The molecule has 0 amide bonds. The zero-order chi connectivity index (χ0) is 15.2. The molecule has 1 saturated carbocycles. The van der Waals surface area contributed by atoms with Gasteiger partial charge in [-0.25, -0.2) is 0 Å². The van der Waals surface area contributed by atoms with E-state index in [1.165, 1.54) is 0 Å². The molecule has 1 aliphatic rings. The molecular formula is C16H15F3N2. The molecule has 0 saturated heterocycles. The second-order valence-electron chi connectivity index (χ2n) is 5.57. The molecule has 0 spiro atoms. The quantitative estimate of drug-likeness (QED) is 0.912. The Morgan fingerprint density at radius 1 is 1.19 bits per heavy atom. The molecule has 1 aliphatic carbocycles. The molecule has 21 heavy (non-hydrogen) atoms. The molecule has 110 valence electrons. The molecule has 2 nitrogen and oxygen atoms in total. The minimum Gasteiger partial charge on any atom is -0.327 e. The summed E-state index contributed by atoms with van der Waals surface area (Å²) >= 11 is 0. The number of rotatable bonds is 2. The van der Waals surface area contributed by atoms with Gasteiger partial charge in [-0.3, -0.25) is 4.98 Å². The van der Waals surface area contributed by atoms with Crippen LogP contribution < -0.4 is 5.73 Å². The average molecular weight is 292 g/mol. The van der Waals surface area contributed by atoms with Gasteiger partial charge in [0.15, 0.2) is 0 Å². The summed E-state index contributed by atoms with van der Waals surface area (Å²) in [6.45, 7) is 1.65. The lowest BCUT2D eigenvalue weighted by Crippen LogP contribution is -2.05. The number of benzene rings is 1. The Balaban J connectivity index is 1.94. The Kier molecular flexibility index (Phi) is 3.24. The van der Waals surface area contributed by atoms with E-state index in [4.69, 9.17) is 5.73 Å². The lowest BCUT2D eigenvalue weighted by molar-refractivity contribution is -0.137. The van der Waals surface area contributed by atoms with Gasteiger partial charge in [0.25, 0.3) is 0 Å². The largest absolute Gasteiger partial charge is 0.416 e. The van der Waals surface area contributed by atoms with Crippen molar-refractivity contribution in [2.45, 2.75) is 31.5 Å². The summed E-state index contributed by atoms with van der Waals surface area (Å²) in [5.41, 5.74) is 7.78. The van der Waals surface area contributed by atoms with Crippen molar-refractivity contribution in [3.8, 4) is 11.3 Å². The first-order chi connectivity index (χ1) is 9.84. The topological polar surface area (TPSA) is 38.9 Å². The monoisotopic (exact) mass is 292 g/mol. The number of hydrogen-bond acceptors (Lipinski definition) is 2. The van der Waals surface area contributed by atoms with E-state index in [9.17, 15) is 13.2 Å². The summed E-state index contributed by atoms with van der Waals surface area (Å²) in [5, 5.41) is 0. The van der Waals surface area contributed by atoms with Crippen LogP contribution in [0.2, 0.25) is 0 Å². The van der Waals surface area contributed by atoms with Gasteiger partial charge >= 0.3 is 6.18 Å². The number of aromatic nitrogens is 1.